The summed E-state index contributed by atoms with van der Waals surface area (Å²) in [6.07, 6.45) is 1.50. The molecule has 1 rings (SSSR count). The van der Waals surface area contributed by atoms with Crippen LogP contribution in [0.15, 0.2) is 23.8 Å². The van der Waals surface area contributed by atoms with Crippen LogP contribution in [0, 0.1) is 0 Å². The van der Waals surface area contributed by atoms with E-state index in [1.165, 1.54) is 13.0 Å². The summed E-state index contributed by atoms with van der Waals surface area (Å²) in [6.45, 7) is 1.51. The summed E-state index contributed by atoms with van der Waals surface area (Å²) < 4.78 is 0. The number of rotatable bonds is 2. The van der Waals surface area contributed by atoms with Crippen molar-refractivity contribution in [1.82, 2.24) is 0 Å². The van der Waals surface area contributed by atoms with Crippen molar-refractivity contribution in [1.29, 1.82) is 0 Å². The molecule has 0 radical (unpaired) electrons. The first-order valence-electron chi connectivity index (χ1n) is 3.87. The van der Waals surface area contributed by atoms with Crippen molar-refractivity contribution >= 4 is 35.2 Å². The van der Waals surface area contributed by atoms with Crippen molar-refractivity contribution in [3.05, 3.63) is 39.4 Å². The lowest BCUT2D eigenvalue weighted by Crippen LogP contribution is -1.95. The van der Waals surface area contributed by atoms with E-state index in [0.717, 1.165) is 0 Å². The summed E-state index contributed by atoms with van der Waals surface area (Å²) >= 11 is 11.6. The molecule has 4 heteroatoms. The Morgan fingerprint density at radius 3 is 2.57 bits per heavy atom. The molecular weight excluding hydrogens is 223 g/mol. The molecule has 0 bridgehead atoms. The van der Waals surface area contributed by atoms with Crippen LogP contribution in [0.1, 0.15) is 12.5 Å². The molecule has 14 heavy (non-hydrogen) atoms. The quantitative estimate of drug-likeness (QED) is 0.791. The van der Waals surface area contributed by atoms with Gasteiger partial charge in [-0.2, -0.15) is 0 Å². The van der Waals surface area contributed by atoms with Gasteiger partial charge in [0.1, 0.15) is 0 Å². The van der Waals surface area contributed by atoms with Crippen molar-refractivity contribution < 1.29 is 9.90 Å². The van der Waals surface area contributed by atoms with Gasteiger partial charge >= 0.3 is 5.97 Å². The first-order chi connectivity index (χ1) is 6.50. The molecule has 0 atom stereocenters. The number of aliphatic carboxylic acids is 1. The van der Waals surface area contributed by atoms with E-state index < -0.39 is 5.97 Å². The zero-order valence-corrected chi connectivity index (χ0v) is 8.93. The van der Waals surface area contributed by atoms with Gasteiger partial charge in [0.25, 0.3) is 0 Å². The number of carbonyl (C=O) groups is 1. The fourth-order valence-electron chi connectivity index (χ4n) is 0.914. The first-order valence-corrected chi connectivity index (χ1v) is 4.63. The third-order valence-electron chi connectivity index (χ3n) is 1.67. The maximum absolute atomic E-state index is 10.5. The molecule has 0 heterocycles. The molecule has 0 aliphatic heterocycles. The highest BCUT2D eigenvalue weighted by Gasteiger charge is 2.03. The number of hydrogen-bond acceptors (Lipinski definition) is 1. The Bertz CT molecular complexity index is 397. The van der Waals surface area contributed by atoms with Crippen LogP contribution in [0.3, 0.4) is 0 Å². The van der Waals surface area contributed by atoms with Crippen molar-refractivity contribution in [2.75, 3.05) is 0 Å². The SMILES string of the molecule is C/C(=C\c1ccc(Cl)cc1Cl)C(=O)O. The maximum atomic E-state index is 10.5. The van der Waals surface area contributed by atoms with Gasteiger partial charge in [0.15, 0.2) is 0 Å². The summed E-state index contributed by atoms with van der Waals surface area (Å²) in [5.74, 6) is -0.962. The number of carboxylic acid groups (broad SMARTS) is 1. The summed E-state index contributed by atoms with van der Waals surface area (Å²) in [5.41, 5.74) is 0.880. The lowest BCUT2D eigenvalue weighted by molar-refractivity contribution is -0.132. The van der Waals surface area contributed by atoms with Gasteiger partial charge in [0.2, 0.25) is 0 Å². The molecule has 1 N–H and O–H groups in total. The van der Waals surface area contributed by atoms with Gasteiger partial charge in [-0.3, -0.25) is 0 Å². The topological polar surface area (TPSA) is 37.3 Å². The van der Waals surface area contributed by atoms with E-state index in [4.69, 9.17) is 28.3 Å². The molecule has 74 valence electrons. The van der Waals surface area contributed by atoms with Crippen LogP contribution in [0.5, 0.6) is 0 Å². The molecule has 0 aliphatic carbocycles. The summed E-state index contributed by atoms with van der Waals surface area (Å²) in [5, 5.41) is 9.62. The van der Waals surface area contributed by atoms with Gasteiger partial charge < -0.3 is 5.11 Å². The van der Waals surface area contributed by atoms with Gasteiger partial charge in [0.05, 0.1) is 0 Å². The second-order valence-corrected chi connectivity index (χ2v) is 3.64. The summed E-state index contributed by atoms with van der Waals surface area (Å²) in [7, 11) is 0. The second-order valence-electron chi connectivity index (χ2n) is 2.80. The summed E-state index contributed by atoms with van der Waals surface area (Å²) in [4.78, 5) is 10.5. The van der Waals surface area contributed by atoms with Crippen molar-refractivity contribution in [3.63, 3.8) is 0 Å². The van der Waals surface area contributed by atoms with E-state index in [-0.39, 0.29) is 5.57 Å². The van der Waals surface area contributed by atoms with Gasteiger partial charge in [-0.1, -0.05) is 29.3 Å². The monoisotopic (exact) mass is 230 g/mol. The zero-order chi connectivity index (χ0) is 10.7. The maximum Gasteiger partial charge on any atom is 0.331 e. The highest BCUT2D eigenvalue weighted by Crippen LogP contribution is 2.22. The van der Waals surface area contributed by atoms with Crippen LogP contribution < -0.4 is 0 Å². The Balaban J connectivity index is 3.09. The first kappa shape index (κ1) is 11.1. The van der Waals surface area contributed by atoms with Crippen LogP contribution in [0.2, 0.25) is 10.0 Å². The predicted molar refractivity (Wildman–Crippen MR) is 57.7 cm³/mol. The molecular formula is C10H8Cl2O2. The second kappa shape index (κ2) is 4.49. The molecule has 0 saturated carbocycles. The van der Waals surface area contributed by atoms with E-state index in [1.807, 2.05) is 0 Å². The fraction of sp³-hybridized carbons (Fsp3) is 0.100. The van der Waals surface area contributed by atoms with Crippen molar-refractivity contribution in [2.45, 2.75) is 6.92 Å². The number of halogens is 2. The molecule has 0 aliphatic rings. The van der Waals surface area contributed by atoms with E-state index in [2.05, 4.69) is 0 Å². The third kappa shape index (κ3) is 2.76. The average Bonchev–Trinajstić information content (AvgIpc) is 2.09. The lowest BCUT2D eigenvalue weighted by Gasteiger charge is -1.99. The number of benzene rings is 1. The highest BCUT2D eigenvalue weighted by molar-refractivity contribution is 6.35. The van der Waals surface area contributed by atoms with Gasteiger partial charge in [-0.05, 0) is 30.7 Å². The Hall–Kier alpha value is -0.990. The minimum atomic E-state index is -0.962. The van der Waals surface area contributed by atoms with Crippen molar-refractivity contribution in [3.8, 4) is 0 Å². The fourth-order valence-corrected chi connectivity index (χ4v) is 1.38. The summed E-state index contributed by atoms with van der Waals surface area (Å²) in [6, 6.07) is 4.91. The Morgan fingerprint density at radius 2 is 2.07 bits per heavy atom. The molecule has 0 fully saturated rings. The lowest BCUT2D eigenvalue weighted by atomic mass is 10.1. The average molecular weight is 231 g/mol. The molecule has 0 aromatic heterocycles. The molecule has 1 aromatic rings. The van der Waals surface area contributed by atoms with Crippen LogP contribution >= 0.6 is 23.2 Å². The molecule has 0 saturated heterocycles. The van der Waals surface area contributed by atoms with E-state index in [9.17, 15) is 4.79 Å². The van der Waals surface area contributed by atoms with Gasteiger partial charge in [-0.25, -0.2) is 4.79 Å². The molecule has 0 unspecified atom stereocenters. The van der Waals surface area contributed by atoms with Crippen molar-refractivity contribution in [2.24, 2.45) is 0 Å². The molecule has 0 amide bonds. The van der Waals surface area contributed by atoms with E-state index in [0.29, 0.717) is 15.6 Å². The predicted octanol–water partition coefficient (Wildman–Crippen LogP) is 3.48. The number of carboxylic acids is 1. The minimum absolute atomic E-state index is 0.231. The standard InChI is InChI=1S/C10H8Cl2O2/c1-6(10(13)14)4-7-2-3-8(11)5-9(7)12/h2-5H,1H3,(H,13,14)/b6-4+. The van der Waals surface area contributed by atoms with Crippen LogP contribution in [-0.2, 0) is 4.79 Å². The smallest absolute Gasteiger partial charge is 0.331 e. The Morgan fingerprint density at radius 1 is 1.43 bits per heavy atom. The van der Waals surface area contributed by atoms with E-state index >= 15 is 0 Å². The molecule has 0 spiro atoms. The van der Waals surface area contributed by atoms with Crippen LogP contribution in [0.25, 0.3) is 6.08 Å². The van der Waals surface area contributed by atoms with E-state index in [1.54, 1.807) is 18.2 Å². The highest BCUT2D eigenvalue weighted by atomic mass is 35.5. The zero-order valence-electron chi connectivity index (χ0n) is 7.42. The third-order valence-corrected chi connectivity index (χ3v) is 2.23. The van der Waals surface area contributed by atoms with Crippen LogP contribution in [0.4, 0.5) is 0 Å². The van der Waals surface area contributed by atoms with Crippen LogP contribution in [-0.4, -0.2) is 11.1 Å². The molecule has 1 aromatic carbocycles. The Kier molecular flexibility index (Phi) is 3.55. The van der Waals surface area contributed by atoms with Gasteiger partial charge in [-0.15, -0.1) is 0 Å². The minimum Gasteiger partial charge on any atom is -0.478 e. The number of hydrogen-bond donors (Lipinski definition) is 1. The molecule has 2 nitrogen and oxygen atoms in total. The normalized spacial score (nSPS) is 11.5. The van der Waals surface area contributed by atoms with Gasteiger partial charge in [0, 0.05) is 15.6 Å². The largest absolute Gasteiger partial charge is 0.478 e. The Labute approximate surface area is 91.8 Å².